The quantitative estimate of drug-likeness (QED) is 0.805. The normalized spacial score (nSPS) is 19.9. The molecule has 1 aromatic carbocycles. The second-order valence-corrected chi connectivity index (χ2v) is 7.00. The Balaban J connectivity index is 2.02. The van der Waals surface area contributed by atoms with Crippen LogP contribution in [-0.2, 0) is 16.1 Å². The van der Waals surface area contributed by atoms with Gasteiger partial charge in [0.1, 0.15) is 6.04 Å². The summed E-state index contributed by atoms with van der Waals surface area (Å²) < 4.78 is 0. The standard InChI is InChI=1S/C19H28N2O3/c1-14(2)12-16(19(23)24)20-18(22)17-10-6-7-11-21(17)13-15-8-4-3-5-9-15/h3-5,8-9,14,16-17H,6-7,10-13H2,1-2H3,(H,20,22)(H,23,24)/t16-,17?/m1/s1. The summed E-state index contributed by atoms with van der Waals surface area (Å²) >= 11 is 0. The lowest BCUT2D eigenvalue weighted by Gasteiger charge is -2.35. The minimum atomic E-state index is -0.956. The van der Waals surface area contributed by atoms with E-state index < -0.39 is 12.0 Å². The van der Waals surface area contributed by atoms with Crippen LogP contribution < -0.4 is 5.32 Å². The molecule has 1 saturated heterocycles. The van der Waals surface area contributed by atoms with Crippen molar-refractivity contribution in [2.24, 2.45) is 5.92 Å². The van der Waals surface area contributed by atoms with E-state index in [-0.39, 0.29) is 17.9 Å². The molecule has 1 aromatic rings. The number of nitrogens with one attached hydrogen (secondary N) is 1. The minimum Gasteiger partial charge on any atom is -0.480 e. The van der Waals surface area contributed by atoms with E-state index in [1.807, 2.05) is 32.0 Å². The fraction of sp³-hybridized carbons (Fsp3) is 0.579. The Morgan fingerprint density at radius 2 is 1.96 bits per heavy atom. The van der Waals surface area contributed by atoms with E-state index in [0.717, 1.165) is 32.4 Å². The van der Waals surface area contributed by atoms with Gasteiger partial charge < -0.3 is 10.4 Å². The number of likely N-dealkylation sites (tertiary alicyclic amines) is 1. The number of amides is 1. The van der Waals surface area contributed by atoms with Gasteiger partial charge in [-0.25, -0.2) is 4.79 Å². The molecule has 2 atom stereocenters. The fourth-order valence-electron chi connectivity index (χ4n) is 3.26. The van der Waals surface area contributed by atoms with Gasteiger partial charge in [0.05, 0.1) is 6.04 Å². The van der Waals surface area contributed by atoms with E-state index in [2.05, 4.69) is 22.3 Å². The summed E-state index contributed by atoms with van der Waals surface area (Å²) in [5.41, 5.74) is 1.18. The Labute approximate surface area is 144 Å². The van der Waals surface area contributed by atoms with E-state index in [4.69, 9.17) is 0 Å². The number of hydrogen-bond donors (Lipinski definition) is 2. The van der Waals surface area contributed by atoms with Crippen molar-refractivity contribution in [1.29, 1.82) is 0 Å². The summed E-state index contributed by atoms with van der Waals surface area (Å²) in [5, 5.41) is 12.1. The monoisotopic (exact) mass is 332 g/mol. The van der Waals surface area contributed by atoms with Crippen molar-refractivity contribution in [3.05, 3.63) is 35.9 Å². The van der Waals surface area contributed by atoms with Crippen LogP contribution in [0.1, 0.15) is 45.1 Å². The SMILES string of the molecule is CC(C)C[C@@H](NC(=O)C1CCCCN1Cc1ccccc1)C(=O)O. The van der Waals surface area contributed by atoms with Gasteiger partial charge in [0.15, 0.2) is 0 Å². The molecular formula is C19H28N2O3. The number of carbonyl (C=O) groups excluding carboxylic acids is 1. The number of hydrogen-bond acceptors (Lipinski definition) is 3. The molecule has 2 rings (SSSR count). The third kappa shape index (κ3) is 5.34. The van der Waals surface area contributed by atoms with E-state index in [9.17, 15) is 14.7 Å². The van der Waals surface area contributed by atoms with Crippen molar-refractivity contribution < 1.29 is 14.7 Å². The highest BCUT2D eigenvalue weighted by molar-refractivity contribution is 5.87. The first kappa shape index (κ1) is 18.5. The van der Waals surface area contributed by atoms with Crippen LogP contribution in [0, 0.1) is 5.92 Å². The topological polar surface area (TPSA) is 69.6 Å². The largest absolute Gasteiger partial charge is 0.480 e. The van der Waals surface area contributed by atoms with Crippen molar-refractivity contribution in [2.75, 3.05) is 6.54 Å². The highest BCUT2D eigenvalue weighted by Gasteiger charge is 2.31. The van der Waals surface area contributed by atoms with Gasteiger partial charge in [-0.15, -0.1) is 0 Å². The van der Waals surface area contributed by atoms with Crippen molar-refractivity contribution >= 4 is 11.9 Å². The number of carboxylic acid groups (broad SMARTS) is 1. The van der Waals surface area contributed by atoms with Gasteiger partial charge in [-0.3, -0.25) is 9.69 Å². The minimum absolute atomic E-state index is 0.154. The highest BCUT2D eigenvalue weighted by atomic mass is 16.4. The second-order valence-electron chi connectivity index (χ2n) is 7.00. The van der Waals surface area contributed by atoms with Crippen molar-refractivity contribution in [3.63, 3.8) is 0 Å². The zero-order chi connectivity index (χ0) is 17.5. The Kier molecular flexibility index (Phi) is 6.79. The number of nitrogens with zero attached hydrogens (tertiary/aromatic N) is 1. The van der Waals surface area contributed by atoms with Gasteiger partial charge in [-0.1, -0.05) is 50.6 Å². The van der Waals surface area contributed by atoms with Gasteiger partial charge in [0.2, 0.25) is 5.91 Å². The number of carboxylic acids is 1. The Bertz CT molecular complexity index is 545. The zero-order valence-electron chi connectivity index (χ0n) is 14.6. The van der Waals surface area contributed by atoms with E-state index >= 15 is 0 Å². The van der Waals surface area contributed by atoms with E-state index in [1.54, 1.807) is 0 Å². The van der Waals surface area contributed by atoms with Gasteiger partial charge >= 0.3 is 5.97 Å². The summed E-state index contributed by atoms with van der Waals surface area (Å²) in [6.07, 6.45) is 3.31. The van der Waals surface area contributed by atoms with Crippen LogP contribution in [0.3, 0.4) is 0 Å². The van der Waals surface area contributed by atoms with Crippen molar-refractivity contribution in [1.82, 2.24) is 10.2 Å². The smallest absolute Gasteiger partial charge is 0.326 e. The molecule has 5 heteroatoms. The summed E-state index contributed by atoms with van der Waals surface area (Å²) in [7, 11) is 0. The van der Waals surface area contributed by atoms with Gasteiger partial charge in [0.25, 0.3) is 0 Å². The highest BCUT2D eigenvalue weighted by Crippen LogP contribution is 2.20. The Morgan fingerprint density at radius 3 is 2.58 bits per heavy atom. The van der Waals surface area contributed by atoms with Crippen LogP contribution in [-0.4, -0.2) is 40.5 Å². The predicted molar refractivity (Wildman–Crippen MR) is 93.5 cm³/mol. The summed E-state index contributed by atoms with van der Waals surface area (Å²) in [4.78, 5) is 26.2. The molecule has 1 aliphatic heterocycles. The first-order valence-electron chi connectivity index (χ1n) is 8.78. The molecule has 0 aliphatic carbocycles. The summed E-state index contributed by atoms with van der Waals surface area (Å²) in [6, 6.07) is 9.04. The molecule has 5 nitrogen and oxygen atoms in total. The van der Waals surface area contributed by atoms with Crippen LogP contribution in [0.15, 0.2) is 30.3 Å². The maximum absolute atomic E-state index is 12.7. The average Bonchev–Trinajstić information content (AvgIpc) is 2.55. The Hall–Kier alpha value is -1.88. The van der Waals surface area contributed by atoms with Gasteiger partial charge in [-0.2, -0.15) is 0 Å². The maximum Gasteiger partial charge on any atom is 0.326 e. The van der Waals surface area contributed by atoms with Gasteiger partial charge in [-0.05, 0) is 37.3 Å². The van der Waals surface area contributed by atoms with Crippen LogP contribution in [0.25, 0.3) is 0 Å². The average molecular weight is 332 g/mol. The Morgan fingerprint density at radius 1 is 1.25 bits per heavy atom. The molecule has 0 radical (unpaired) electrons. The molecule has 2 N–H and O–H groups in total. The van der Waals surface area contributed by atoms with Gasteiger partial charge in [0, 0.05) is 6.54 Å². The molecule has 0 spiro atoms. The molecule has 1 aliphatic rings. The molecule has 0 bridgehead atoms. The predicted octanol–water partition coefficient (Wildman–Crippen LogP) is 2.66. The van der Waals surface area contributed by atoms with Crippen LogP contribution >= 0.6 is 0 Å². The number of rotatable bonds is 7. The fourth-order valence-corrected chi connectivity index (χ4v) is 3.26. The molecule has 24 heavy (non-hydrogen) atoms. The summed E-state index contributed by atoms with van der Waals surface area (Å²) in [5.74, 6) is -0.890. The summed E-state index contributed by atoms with van der Waals surface area (Å²) in [6.45, 7) is 5.52. The van der Waals surface area contributed by atoms with E-state index in [0.29, 0.717) is 6.42 Å². The first-order valence-corrected chi connectivity index (χ1v) is 8.78. The molecule has 1 unspecified atom stereocenters. The van der Waals surface area contributed by atoms with Crippen molar-refractivity contribution in [2.45, 2.75) is 58.2 Å². The lowest BCUT2D eigenvalue weighted by molar-refractivity contribution is -0.143. The molecule has 0 aromatic heterocycles. The molecule has 1 amide bonds. The number of benzene rings is 1. The maximum atomic E-state index is 12.7. The lowest BCUT2D eigenvalue weighted by Crippen LogP contribution is -2.53. The van der Waals surface area contributed by atoms with Crippen molar-refractivity contribution in [3.8, 4) is 0 Å². The molecule has 1 heterocycles. The van der Waals surface area contributed by atoms with Crippen LogP contribution in [0.4, 0.5) is 0 Å². The number of piperidine rings is 1. The third-order valence-electron chi connectivity index (χ3n) is 4.47. The zero-order valence-corrected chi connectivity index (χ0v) is 14.6. The van der Waals surface area contributed by atoms with E-state index in [1.165, 1.54) is 5.56 Å². The molecular weight excluding hydrogens is 304 g/mol. The molecule has 1 fully saturated rings. The number of aliphatic carboxylic acids is 1. The second kappa shape index (κ2) is 8.83. The lowest BCUT2D eigenvalue weighted by atomic mass is 9.98. The molecule has 0 saturated carbocycles. The third-order valence-corrected chi connectivity index (χ3v) is 4.47. The number of carbonyl (C=O) groups is 2. The molecule has 132 valence electrons. The van der Waals surface area contributed by atoms with Crippen LogP contribution in [0.2, 0.25) is 0 Å². The first-order chi connectivity index (χ1) is 11.5. The van der Waals surface area contributed by atoms with Crippen LogP contribution in [0.5, 0.6) is 0 Å².